The Morgan fingerprint density at radius 3 is 2.33 bits per heavy atom. The van der Waals surface area contributed by atoms with Crippen LogP contribution in [0.4, 0.5) is 0 Å². The summed E-state index contributed by atoms with van der Waals surface area (Å²) in [5.41, 5.74) is 1.79. The highest BCUT2D eigenvalue weighted by molar-refractivity contribution is 6.32. The Morgan fingerprint density at radius 2 is 1.71 bits per heavy atom. The predicted molar refractivity (Wildman–Crippen MR) is 83.5 cm³/mol. The first-order chi connectivity index (χ1) is 9.97. The summed E-state index contributed by atoms with van der Waals surface area (Å²) in [7, 11) is 0. The maximum Gasteiger partial charge on any atom is 0.349 e. The molecule has 2 aromatic rings. The molecule has 3 nitrogen and oxygen atoms in total. The largest absolute Gasteiger partial charge is 0.482 e. The van der Waals surface area contributed by atoms with Gasteiger partial charge in [0.25, 0.3) is 0 Å². The third-order valence-corrected chi connectivity index (χ3v) is 3.74. The molecule has 5 heteroatoms. The summed E-state index contributed by atoms with van der Waals surface area (Å²) in [6, 6.07) is 10.3. The number of carbonyl (C=O) groups is 1. The molecule has 0 spiro atoms. The molecule has 0 atom stereocenters. The maximum absolute atomic E-state index is 11.7. The average molecular weight is 325 g/mol. The summed E-state index contributed by atoms with van der Waals surface area (Å²) < 4.78 is 10.5. The number of para-hydroxylation sites is 1. The molecule has 0 aromatic heterocycles. The standard InChI is InChI=1S/C16H14Cl2O3/c1-10-7-12(8-11(2)16(10)18)20-9-15(19)21-14-6-4-3-5-13(14)17/h3-8H,9H2,1-2H3. The van der Waals surface area contributed by atoms with Crippen molar-refractivity contribution in [1.82, 2.24) is 0 Å². The predicted octanol–water partition coefficient (Wildman–Crippen LogP) is 4.59. The topological polar surface area (TPSA) is 35.5 Å². The van der Waals surface area contributed by atoms with Crippen LogP contribution in [0.15, 0.2) is 36.4 Å². The lowest BCUT2D eigenvalue weighted by atomic mass is 10.1. The first-order valence-corrected chi connectivity index (χ1v) is 7.07. The third-order valence-electron chi connectivity index (χ3n) is 2.83. The molecule has 0 heterocycles. The van der Waals surface area contributed by atoms with Crippen LogP contribution < -0.4 is 9.47 Å². The van der Waals surface area contributed by atoms with Gasteiger partial charge in [0.2, 0.25) is 0 Å². The second kappa shape index (κ2) is 6.83. The molecule has 0 bridgehead atoms. The Balaban J connectivity index is 1.97. The molecule has 0 aliphatic rings. The lowest BCUT2D eigenvalue weighted by molar-refractivity contribution is -0.136. The fourth-order valence-electron chi connectivity index (χ4n) is 1.81. The lowest BCUT2D eigenvalue weighted by Crippen LogP contribution is -2.18. The number of carbonyl (C=O) groups excluding carboxylic acids is 1. The smallest absolute Gasteiger partial charge is 0.349 e. The average Bonchev–Trinajstić information content (AvgIpc) is 2.45. The zero-order chi connectivity index (χ0) is 15.4. The first kappa shape index (κ1) is 15.7. The van der Waals surface area contributed by atoms with Crippen molar-refractivity contribution in [2.24, 2.45) is 0 Å². The van der Waals surface area contributed by atoms with Gasteiger partial charge in [-0.25, -0.2) is 4.79 Å². The van der Waals surface area contributed by atoms with E-state index in [9.17, 15) is 4.79 Å². The monoisotopic (exact) mass is 324 g/mol. The zero-order valence-electron chi connectivity index (χ0n) is 11.7. The van der Waals surface area contributed by atoms with Gasteiger partial charge >= 0.3 is 5.97 Å². The summed E-state index contributed by atoms with van der Waals surface area (Å²) >= 11 is 12.0. The number of rotatable bonds is 4. The normalized spacial score (nSPS) is 10.3. The molecule has 0 radical (unpaired) electrons. The van der Waals surface area contributed by atoms with Gasteiger partial charge < -0.3 is 9.47 Å². The Kier molecular flexibility index (Phi) is 5.10. The van der Waals surface area contributed by atoms with Crippen molar-refractivity contribution < 1.29 is 14.3 Å². The van der Waals surface area contributed by atoms with Crippen molar-refractivity contribution >= 4 is 29.2 Å². The molecule has 0 amide bonds. The molecule has 0 fully saturated rings. The SMILES string of the molecule is Cc1cc(OCC(=O)Oc2ccccc2Cl)cc(C)c1Cl. The van der Waals surface area contributed by atoms with E-state index in [1.807, 2.05) is 13.8 Å². The van der Waals surface area contributed by atoms with Gasteiger partial charge in [0, 0.05) is 5.02 Å². The van der Waals surface area contributed by atoms with Gasteiger partial charge in [0.05, 0.1) is 5.02 Å². The van der Waals surface area contributed by atoms with Gasteiger partial charge in [-0.3, -0.25) is 0 Å². The van der Waals surface area contributed by atoms with Crippen LogP contribution in [0.5, 0.6) is 11.5 Å². The van der Waals surface area contributed by atoms with E-state index in [1.54, 1.807) is 36.4 Å². The summed E-state index contributed by atoms with van der Waals surface area (Å²) in [5.74, 6) is 0.370. The molecule has 2 aromatic carbocycles. The molecule has 0 aliphatic carbocycles. The van der Waals surface area contributed by atoms with Crippen LogP contribution in [0.1, 0.15) is 11.1 Å². The van der Waals surface area contributed by atoms with Gasteiger partial charge in [-0.1, -0.05) is 35.3 Å². The van der Waals surface area contributed by atoms with E-state index in [2.05, 4.69) is 0 Å². The van der Waals surface area contributed by atoms with E-state index in [1.165, 1.54) is 0 Å². The number of esters is 1. The second-order valence-electron chi connectivity index (χ2n) is 4.56. The summed E-state index contributed by atoms with van der Waals surface area (Å²) in [4.78, 5) is 11.7. The molecule has 0 N–H and O–H groups in total. The van der Waals surface area contributed by atoms with Crippen LogP contribution in [0.3, 0.4) is 0 Å². The maximum atomic E-state index is 11.7. The van der Waals surface area contributed by atoms with Crippen molar-refractivity contribution in [2.75, 3.05) is 6.61 Å². The summed E-state index contributed by atoms with van der Waals surface area (Å²) in [6.45, 7) is 3.56. The fraction of sp³-hybridized carbons (Fsp3) is 0.188. The molecule has 0 aliphatic heterocycles. The number of hydrogen-bond donors (Lipinski definition) is 0. The molecule has 0 saturated heterocycles. The zero-order valence-corrected chi connectivity index (χ0v) is 13.2. The lowest BCUT2D eigenvalue weighted by Gasteiger charge is -2.10. The van der Waals surface area contributed by atoms with Gasteiger partial charge in [-0.2, -0.15) is 0 Å². The van der Waals surface area contributed by atoms with Gasteiger partial charge in [0.1, 0.15) is 11.5 Å². The van der Waals surface area contributed by atoms with Crippen molar-refractivity contribution in [3.8, 4) is 11.5 Å². The quantitative estimate of drug-likeness (QED) is 0.609. The molecule has 110 valence electrons. The molecule has 21 heavy (non-hydrogen) atoms. The number of benzene rings is 2. The van der Waals surface area contributed by atoms with Crippen molar-refractivity contribution in [2.45, 2.75) is 13.8 Å². The molecule has 0 saturated carbocycles. The fourth-order valence-corrected chi connectivity index (χ4v) is 2.09. The Hall–Kier alpha value is -1.71. The van der Waals surface area contributed by atoms with Crippen molar-refractivity contribution in [1.29, 1.82) is 0 Å². The van der Waals surface area contributed by atoms with Crippen LogP contribution >= 0.6 is 23.2 Å². The molecular weight excluding hydrogens is 311 g/mol. The second-order valence-corrected chi connectivity index (χ2v) is 5.35. The van der Waals surface area contributed by atoms with E-state index in [0.29, 0.717) is 21.5 Å². The number of aryl methyl sites for hydroxylation is 2. The molecular formula is C16H14Cl2O3. The highest BCUT2D eigenvalue weighted by atomic mass is 35.5. The minimum Gasteiger partial charge on any atom is -0.482 e. The van der Waals surface area contributed by atoms with Crippen LogP contribution in [0.2, 0.25) is 10.0 Å². The highest BCUT2D eigenvalue weighted by Gasteiger charge is 2.10. The van der Waals surface area contributed by atoms with Gasteiger partial charge in [0.15, 0.2) is 6.61 Å². The number of hydrogen-bond acceptors (Lipinski definition) is 3. The van der Waals surface area contributed by atoms with E-state index in [0.717, 1.165) is 11.1 Å². The Labute approximate surface area is 133 Å². The van der Waals surface area contributed by atoms with Crippen LogP contribution in [0, 0.1) is 13.8 Å². The Bertz CT molecular complexity index is 645. The summed E-state index contributed by atoms with van der Waals surface area (Å²) in [6.07, 6.45) is 0. The van der Waals surface area contributed by atoms with Crippen LogP contribution in [-0.4, -0.2) is 12.6 Å². The molecule has 2 rings (SSSR count). The Morgan fingerprint density at radius 1 is 1.10 bits per heavy atom. The third kappa shape index (κ3) is 4.13. The number of ether oxygens (including phenoxy) is 2. The first-order valence-electron chi connectivity index (χ1n) is 6.32. The van der Waals surface area contributed by atoms with E-state index in [-0.39, 0.29) is 6.61 Å². The minimum absolute atomic E-state index is 0.203. The van der Waals surface area contributed by atoms with Crippen molar-refractivity contribution in [3.63, 3.8) is 0 Å². The highest BCUT2D eigenvalue weighted by Crippen LogP contribution is 2.26. The van der Waals surface area contributed by atoms with E-state index >= 15 is 0 Å². The number of halogens is 2. The molecule has 0 unspecified atom stereocenters. The van der Waals surface area contributed by atoms with Gasteiger partial charge in [-0.15, -0.1) is 0 Å². The van der Waals surface area contributed by atoms with Crippen LogP contribution in [-0.2, 0) is 4.79 Å². The van der Waals surface area contributed by atoms with Gasteiger partial charge in [-0.05, 0) is 49.2 Å². The van der Waals surface area contributed by atoms with Crippen molar-refractivity contribution in [3.05, 3.63) is 57.6 Å². The van der Waals surface area contributed by atoms with E-state index < -0.39 is 5.97 Å². The summed E-state index contributed by atoms with van der Waals surface area (Å²) in [5, 5.41) is 1.07. The van der Waals surface area contributed by atoms with E-state index in [4.69, 9.17) is 32.7 Å². The van der Waals surface area contributed by atoms with Crippen LogP contribution in [0.25, 0.3) is 0 Å². The minimum atomic E-state index is -0.520.